The molecule has 2 heterocycles. The molecule has 2 atom stereocenters. The van der Waals surface area contributed by atoms with Crippen LogP contribution in [0.2, 0.25) is 0 Å². The van der Waals surface area contributed by atoms with Crippen molar-refractivity contribution in [3.63, 3.8) is 0 Å². The maximum atomic E-state index is 11.7. The molecular formula is C13H23NO3. The molecule has 0 amide bonds. The lowest BCUT2D eigenvalue weighted by Gasteiger charge is -2.31. The zero-order valence-corrected chi connectivity index (χ0v) is 10.7. The van der Waals surface area contributed by atoms with Gasteiger partial charge in [-0.15, -0.1) is 0 Å². The minimum atomic E-state index is -0.0834. The largest absolute Gasteiger partial charge is 0.466 e. The van der Waals surface area contributed by atoms with Crippen LogP contribution in [0.5, 0.6) is 0 Å². The number of likely N-dealkylation sites (tertiary alicyclic amines) is 1. The SMILES string of the molecule is CCOC(=O)CC(C1CCCO1)N1CCCC1. The number of carbonyl (C=O) groups excluding carboxylic acids is 1. The molecular weight excluding hydrogens is 218 g/mol. The smallest absolute Gasteiger partial charge is 0.307 e. The van der Waals surface area contributed by atoms with Crippen LogP contribution in [0, 0.1) is 0 Å². The highest BCUT2D eigenvalue weighted by atomic mass is 16.5. The van der Waals surface area contributed by atoms with E-state index >= 15 is 0 Å². The Morgan fingerprint density at radius 3 is 2.76 bits per heavy atom. The van der Waals surface area contributed by atoms with E-state index < -0.39 is 0 Å². The monoisotopic (exact) mass is 241 g/mol. The lowest BCUT2D eigenvalue weighted by atomic mass is 10.0. The van der Waals surface area contributed by atoms with Crippen LogP contribution in [0.25, 0.3) is 0 Å². The molecule has 2 fully saturated rings. The van der Waals surface area contributed by atoms with Gasteiger partial charge < -0.3 is 9.47 Å². The van der Waals surface area contributed by atoms with Gasteiger partial charge in [0.05, 0.1) is 19.1 Å². The molecule has 2 saturated heterocycles. The van der Waals surface area contributed by atoms with Gasteiger partial charge in [-0.3, -0.25) is 9.69 Å². The Labute approximate surface area is 103 Å². The predicted octanol–water partition coefficient (Wildman–Crippen LogP) is 1.58. The van der Waals surface area contributed by atoms with E-state index in [1.54, 1.807) is 0 Å². The van der Waals surface area contributed by atoms with E-state index in [1.807, 2.05) is 6.92 Å². The van der Waals surface area contributed by atoms with Crippen LogP contribution in [0.15, 0.2) is 0 Å². The molecule has 4 nitrogen and oxygen atoms in total. The summed E-state index contributed by atoms with van der Waals surface area (Å²) in [5.74, 6) is -0.0834. The van der Waals surface area contributed by atoms with Crippen LogP contribution in [0.4, 0.5) is 0 Å². The average Bonchev–Trinajstić information content (AvgIpc) is 3.00. The number of esters is 1. The molecule has 98 valence electrons. The summed E-state index contributed by atoms with van der Waals surface area (Å²) >= 11 is 0. The van der Waals surface area contributed by atoms with Crippen LogP contribution >= 0.6 is 0 Å². The summed E-state index contributed by atoms with van der Waals surface area (Å²) in [6, 6.07) is 0.235. The van der Waals surface area contributed by atoms with Gasteiger partial charge in [-0.05, 0) is 45.7 Å². The van der Waals surface area contributed by atoms with Gasteiger partial charge in [-0.1, -0.05) is 0 Å². The maximum absolute atomic E-state index is 11.7. The molecule has 0 saturated carbocycles. The predicted molar refractivity (Wildman–Crippen MR) is 64.8 cm³/mol. The zero-order valence-electron chi connectivity index (χ0n) is 10.7. The molecule has 2 unspecified atom stereocenters. The van der Waals surface area contributed by atoms with E-state index in [-0.39, 0.29) is 18.1 Å². The van der Waals surface area contributed by atoms with E-state index in [0.29, 0.717) is 13.0 Å². The van der Waals surface area contributed by atoms with Gasteiger partial charge in [-0.25, -0.2) is 0 Å². The van der Waals surface area contributed by atoms with Crippen molar-refractivity contribution in [2.24, 2.45) is 0 Å². The van der Waals surface area contributed by atoms with E-state index in [0.717, 1.165) is 32.5 Å². The average molecular weight is 241 g/mol. The molecule has 0 bridgehead atoms. The Hall–Kier alpha value is -0.610. The topological polar surface area (TPSA) is 38.8 Å². The van der Waals surface area contributed by atoms with Gasteiger partial charge in [-0.2, -0.15) is 0 Å². The second-order valence-electron chi connectivity index (χ2n) is 4.87. The minimum Gasteiger partial charge on any atom is -0.466 e. The molecule has 2 rings (SSSR count). The normalized spacial score (nSPS) is 27.2. The third-order valence-electron chi connectivity index (χ3n) is 3.68. The van der Waals surface area contributed by atoms with Crippen molar-refractivity contribution in [2.75, 3.05) is 26.3 Å². The fourth-order valence-corrected chi connectivity index (χ4v) is 2.87. The van der Waals surface area contributed by atoms with Crippen molar-refractivity contribution in [3.05, 3.63) is 0 Å². The summed E-state index contributed by atoms with van der Waals surface area (Å²) in [7, 11) is 0. The summed E-state index contributed by atoms with van der Waals surface area (Å²) < 4.78 is 10.8. The number of rotatable bonds is 5. The molecule has 4 heteroatoms. The van der Waals surface area contributed by atoms with Crippen molar-refractivity contribution in [1.82, 2.24) is 4.90 Å². The highest BCUT2D eigenvalue weighted by molar-refractivity contribution is 5.70. The molecule has 0 spiro atoms. The van der Waals surface area contributed by atoms with Crippen LogP contribution in [0.1, 0.15) is 39.0 Å². The number of carbonyl (C=O) groups is 1. The van der Waals surface area contributed by atoms with Gasteiger partial charge >= 0.3 is 5.97 Å². The summed E-state index contributed by atoms with van der Waals surface area (Å²) in [5, 5.41) is 0. The van der Waals surface area contributed by atoms with Crippen LogP contribution in [-0.2, 0) is 14.3 Å². The fourth-order valence-electron chi connectivity index (χ4n) is 2.87. The van der Waals surface area contributed by atoms with E-state index in [4.69, 9.17) is 9.47 Å². The first-order valence-corrected chi connectivity index (χ1v) is 6.82. The third kappa shape index (κ3) is 3.42. The van der Waals surface area contributed by atoms with Gasteiger partial charge in [0.2, 0.25) is 0 Å². The van der Waals surface area contributed by atoms with Crippen molar-refractivity contribution >= 4 is 5.97 Å². The Kier molecular flexibility index (Phi) is 4.80. The minimum absolute atomic E-state index is 0.0834. The zero-order chi connectivity index (χ0) is 12.1. The molecule has 2 aliphatic heterocycles. The van der Waals surface area contributed by atoms with Gasteiger partial charge in [0.1, 0.15) is 0 Å². The van der Waals surface area contributed by atoms with Crippen molar-refractivity contribution in [2.45, 2.75) is 51.2 Å². The van der Waals surface area contributed by atoms with Crippen LogP contribution < -0.4 is 0 Å². The highest BCUT2D eigenvalue weighted by Gasteiger charge is 2.34. The second kappa shape index (κ2) is 6.36. The lowest BCUT2D eigenvalue weighted by Crippen LogP contribution is -2.43. The molecule has 0 N–H and O–H groups in total. The highest BCUT2D eigenvalue weighted by Crippen LogP contribution is 2.25. The Morgan fingerprint density at radius 1 is 1.41 bits per heavy atom. The third-order valence-corrected chi connectivity index (χ3v) is 3.68. The van der Waals surface area contributed by atoms with Crippen molar-refractivity contribution in [1.29, 1.82) is 0 Å². The Morgan fingerprint density at radius 2 is 2.18 bits per heavy atom. The first-order chi connectivity index (χ1) is 8.31. The molecule has 0 aromatic heterocycles. The number of ether oxygens (including phenoxy) is 2. The van der Waals surface area contributed by atoms with Crippen LogP contribution in [-0.4, -0.2) is 49.3 Å². The summed E-state index contributed by atoms with van der Waals surface area (Å²) in [4.78, 5) is 14.1. The van der Waals surface area contributed by atoms with E-state index in [1.165, 1.54) is 12.8 Å². The summed E-state index contributed by atoms with van der Waals surface area (Å²) in [5.41, 5.74) is 0. The second-order valence-corrected chi connectivity index (χ2v) is 4.87. The number of hydrogen-bond acceptors (Lipinski definition) is 4. The Balaban J connectivity index is 1.93. The number of hydrogen-bond donors (Lipinski definition) is 0. The van der Waals surface area contributed by atoms with Crippen molar-refractivity contribution < 1.29 is 14.3 Å². The molecule has 0 aromatic carbocycles. The van der Waals surface area contributed by atoms with Crippen LogP contribution in [0.3, 0.4) is 0 Å². The van der Waals surface area contributed by atoms with Crippen molar-refractivity contribution in [3.8, 4) is 0 Å². The van der Waals surface area contributed by atoms with E-state index in [9.17, 15) is 4.79 Å². The quantitative estimate of drug-likeness (QED) is 0.685. The molecule has 17 heavy (non-hydrogen) atoms. The van der Waals surface area contributed by atoms with Gasteiger partial charge in [0, 0.05) is 12.6 Å². The first-order valence-electron chi connectivity index (χ1n) is 6.82. The maximum Gasteiger partial charge on any atom is 0.307 e. The summed E-state index contributed by atoms with van der Waals surface area (Å²) in [6.07, 6.45) is 5.41. The molecule has 2 aliphatic rings. The van der Waals surface area contributed by atoms with Gasteiger partial charge in [0.15, 0.2) is 0 Å². The number of nitrogens with zero attached hydrogens (tertiary/aromatic N) is 1. The standard InChI is InChI=1S/C13H23NO3/c1-2-16-13(15)10-11(12-6-5-9-17-12)14-7-3-4-8-14/h11-12H,2-10H2,1H3. The Bertz CT molecular complexity index is 229. The molecule has 0 aromatic rings. The van der Waals surface area contributed by atoms with Gasteiger partial charge in [0.25, 0.3) is 0 Å². The summed E-state index contributed by atoms with van der Waals surface area (Å²) in [6.45, 7) is 5.37. The lowest BCUT2D eigenvalue weighted by molar-refractivity contribution is -0.145. The first kappa shape index (κ1) is 12.8. The van der Waals surface area contributed by atoms with E-state index in [2.05, 4.69) is 4.90 Å². The molecule has 0 aliphatic carbocycles. The molecule has 0 radical (unpaired) electrons. The fraction of sp³-hybridized carbons (Fsp3) is 0.923.